The average Bonchev–Trinajstić information content (AvgIpc) is 3.05. The smallest absolute Gasteiger partial charge is 0.352 e. The summed E-state index contributed by atoms with van der Waals surface area (Å²) in [6, 6.07) is 9.13. The number of nitrogens with one attached hydrogen (secondary N) is 1. The molecule has 2 N–H and O–H groups in total. The zero-order valence-corrected chi connectivity index (χ0v) is 12.8. The van der Waals surface area contributed by atoms with Crippen molar-refractivity contribution in [1.82, 2.24) is 10.0 Å². The van der Waals surface area contributed by atoms with E-state index in [0.29, 0.717) is 12.3 Å². The molecule has 7 nitrogen and oxygen atoms in total. The van der Waals surface area contributed by atoms with Gasteiger partial charge in [-0.05, 0) is 24.5 Å². The fraction of sp³-hybridized carbons (Fsp3) is 0.312. The summed E-state index contributed by atoms with van der Waals surface area (Å²) in [5.41, 5.74) is 2.87. The van der Waals surface area contributed by atoms with Crippen molar-refractivity contribution in [2.24, 2.45) is 10.9 Å². The van der Waals surface area contributed by atoms with Crippen LogP contribution in [-0.2, 0) is 15.2 Å². The van der Waals surface area contributed by atoms with Gasteiger partial charge < -0.3 is 14.5 Å². The number of benzene rings is 1. The maximum Gasteiger partial charge on any atom is 0.352 e. The van der Waals surface area contributed by atoms with Crippen LogP contribution in [0.3, 0.4) is 0 Å². The van der Waals surface area contributed by atoms with Crippen molar-refractivity contribution >= 4 is 29.2 Å². The van der Waals surface area contributed by atoms with Gasteiger partial charge in [0, 0.05) is 18.0 Å². The number of nitrogens with zero attached hydrogens (tertiary/aromatic N) is 2. The molecule has 1 fully saturated rings. The first-order chi connectivity index (χ1) is 11.1. The summed E-state index contributed by atoms with van der Waals surface area (Å²) in [4.78, 5) is 31.0. The van der Waals surface area contributed by atoms with Crippen molar-refractivity contribution in [3.8, 4) is 0 Å². The minimum absolute atomic E-state index is 0.151. The molecule has 120 valence electrons. The van der Waals surface area contributed by atoms with Crippen LogP contribution in [0.1, 0.15) is 23.8 Å². The van der Waals surface area contributed by atoms with Gasteiger partial charge in [-0.3, -0.25) is 9.79 Å². The lowest BCUT2D eigenvalue weighted by molar-refractivity contribution is -0.132. The highest BCUT2D eigenvalue weighted by Crippen LogP contribution is 2.53. The molecule has 0 saturated heterocycles. The fourth-order valence-corrected chi connectivity index (χ4v) is 3.31. The SMILES string of the molecule is CN=C(NOC=O)C1(n2c(C(=O)O)cc3ccccc32)CC1C. The zero-order chi connectivity index (χ0) is 16.6. The Morgan fingerprint density at radius 3 is 2.78 bits per heavy atom. The van der Waals surface area contributed by atoms with Gasteiger partial charge in [-0.1, -0.05) is 25.1 Å². The molecule has 1 aromatic carbocycles. The lowest BCUT2D eigenvalue weighted by atomic mass is 10.1. The van der Waals surface area contributed by atoms with Gasteiger partial charge in [0.1, 0.15) is 11.2 Å². The van der Waals surface area contributed by atoms with Gasteiger partial charge in [-0.15, -0.1) is 0 Å². The third-order valence-electron chi connectivity index (χ3n) is 4.44. The summed E-state index contributed by atoms with van der Waals surface area (Å²) in [6.07, 6.45) is 0.702. The summed E-state index contributed by atoms with van der Waals surface area (Å²) >= 11 is 0. The van der Waals surface area contributed by atoms with Gasteiger partial charge in [0.05, 0.1) is 0 Å². The van der Waals surface area contributed by atoms with Crippen LogP contribution >= 0.6 is 0 Å². The van der Waals surface area contributed by atoms with E-state index in [1.54, 1.807) is 17.7 Å². The van der Waals surface area contributed by atoms with E-state index < -0.39 is 11.5 Å². The standard InChI is InChI=1S/C16H17N3O4/c1-10-8-16(10,15(17-2)18-23-9-20)19-12-6-4-3-5-11(12)7-13(19)14(21)22/h3-7,9-10H,8H2,1-2H3,(H,17,18)(H,21,22). The minimum atomic E-state index is -1.01. The molecule has 7 heteroatoms. The number of carboxylic acid groups (broad SMARTS) is 1. The van der Waals surface area contributed by atoms with Crippen molar-refractivity contribution in [3.63, 3.8) is 0 Å². The van der Waals surface area contributed by atoms with Crippen molar-refractivity contribution in [3.05, 3.63) is 36.0 Å². The average molecular weight is 315 g/mol. The quantitative estimate of drug-likeness (QED) is 0.380. The molecule has 0 aliphatic heterocycles. The van der Waals surface area contributed by atoms with Crippen LogP contribution in [0.5, 0.6) is 0 Å². The minimum Gasteiger partial charge on any atom is -0.477 e. The number of carbonyl (C=O) groups excluding carboxylic acids is 1. The second kappa shape index (κ2) is 5.42. The van der Waals surface area contributed by atoms with Gasteiger partial charge in [-0.25, -0.2) is 10.3 Å². The molecule has 1 aliphatic carbocycles. The first kappa shape index (κ1) is 15.1. The number of fused-ring (bicyclic) bond motifs is 1. The summed E-state index contributed by atoms with van der Waals surface area (Å²) in [5.74, 6) is -0.426. The van der Waals surface area contributed by atoms with Crippen LogP contribution in [0.4, 0.5) is 0 Å². The fourth-order valence-electron chi connectivity index (χ4n) is 3.31. The second-order valence-corrected chi connectivity index (χ2v) is 5.65. The van der Waals surface area contributed by atoms with Gasteiger partial charge in [0.15, 0.2) is 5.84 Å². The molecule has 3 rings (SSSR count). The topological polar surface area (TPSA) is 92.9 Å². The first-order valence-corrected chi connectivity index (χ1v) is 7.23. The van der Waals surface area contributed by atoms with Gasteiger partial charge >= 0.3 is 12.4 Å². The van der Waals surface area contributed by atoms with Gasteiger partial charge in [-0.2, -0.15) is 0 Å². The van der Waals surface area contributed by atoms with E-state index >= 15 is 0 Å². The van der Waals surface area contributed by atoms with E-state index in [-0.39, 0.29) is 18.1 Å². The Labute approximate surface area is 132 Å². The summed E-state index contributed by atoms with van der Waals surface area (Å²) in [5, 5.41) is 10.4. The number of amidine groups is 1. The molecule has 1 heterocycles. The molecule has 0 bridgehead atoms. The molecule has 2 atom stereocenters. The number of aromatic nitrogens is 1. The molecule has 1 saturated carbocycles. The molecular weight excluding hydrogens is 298 g/mol. The number of para-hydroxylation sites is 1. The predicted molar refractivity (Wildman–Crippen MR) is 84.3 cm³/mol. The van der Waals surface area contributed by atoms with E-state index in [2.05, 4.69) is 15.3 Å². The summed E-state index contributed by atoms with van der Waals surface area (Å²) in [6.45, 7) is 2.28. The van der Waals surface area contributed by atoms with Crippen LogP contribution < -0.4 is 5.48 Å². The highest BCUT2D eigenvalue weighted by molar-refractivity contribution is 6.00. The van der Waals surface area contributed by atoms with E-state index in [9.17, 15) is 14.7 Å². The van der Waals surface area contributed by atoms with Crippen molar-refractivity contribution in [1.29, 1.82) is 0 Å². The predicted octanol–water partition coefficient (Wildman–Crippen LogP) is 1.78. The number of carbonyl (C=O) groups is 2. The number of rotatable bonds is 5. The third-order valence-corrected chi connectivity index (χ3v) is 4.44. The van der Waals surface area contributed by atoms with Crippen molar-refractivity contribution in [2.45, 2.75) is 18.9 Å². The molecule has 2 unspecified atom stereocenters. The number of hydrogen-bond acceptors (Lipinski definition) is 4. The highest BCUT2D eigenvalue weighted by Gasteiger charge is 2.59. The van der Waals surface area contributed by atoms with Crippen molar-refractivity contribution in [2.75, 3.05) is 7.05 Å². The first-order valence-electron chi connectivity index (χ1n) is 7.23. The molecule has 1 aliphatic rings. The van der Waals surface area contributed by atoms with Crippen LogP contribution in [0, 0.1) is 5.92 Å². The van der Waals surface area contributed by atoms with E-state index in [0.717, 1.165) is 10.9 Å². The van der Waals surface area contributed by atoms with E-state index in [4.69, 9.17) is 0 Å². The van der Waals surface area contributed by atoms with E-state index in [1.165, 1.54) is 0 Å². The molecule has 2 aromatic rings. The Morgan fingerprint density at radius 2 is 2.22 bits per heavy atom. The number of aromatic carboxylic acids is 1. The highest BCUT2D eigenvalue weighted by atomic mass is 16.7. The third kappa shape index (κ3) is 2.16. The molecule has 23 heavy (non-hydrogen) atoms. The Balaban J connectivity index is 2.23. The van der Waals surface area contributed by atoms with Gasteiger partial charge in [0.25, 0.3) is 0 Å². The number of carboxylic acids is 1. The van der Waals surface area contributed by atoms with Gasteiger partial charge in [0.2, 0.25) is 0 Å². The Kier molecular flexibility index (Phi) is 3.55. The Morgan fingerprint density at radius 1 is 1.52 bits per heavy atom. The van der Waals surface area contributed by atoms with Crippen LogP contribution in [-0.4, -0.2) is 35.0 Å². The Bertz CT molecular complexity index is 811. The normalized spacial score (nSPS) is 23.6. The number of aliphatic imine (C=N–C) groups is 1. The molecule has 0 spiro atoms. The van der Waals surface area contributed by atoms with Crippen molar-refractivity contribution < 1.29 is 19.5 Å². The largest absolute Gasteiger partial charge is 0.477 e. The lowest BCUT2D eigenvalue weighted by Crippen LogP contribution is -2.41. The molecule has 1 aromatic heterocycles. The Hall–Kier alpha value is -2.83. The lowest BCUT2D eigenvalue weighted by Gasteiger charge is -2.24. The number of hydrogen-bond donors (Lipinski definition) is 2. The number of hydroxylamine groups is 1. The summed E-state index contributed by atoms with van der Waals surface area (Å²) in [7, 11) is 1.58. The van der Waals surface area contributed by atoms with E-state index in [1.807, 2.05) is 31.2 Å². The summed E-state index contributed by atoms with van der Waals surface area (Å²) < 4.78 is 1.78. The van der Waals surface area contributed by atoms with Crippen LogP contribution in [0.25, 0.3) is 10.9 Å². The zero-order valence-electron chi connectivity index (χ0n) is 12.8. The molecular formula is C16H17N3O4. The van der Waals surface area contributed by atoms with Crippen LogP contribution in [0.15, 0.2) is 35.3 Å². The monoisotopic (exact) mass is 315 g/mol. The maximum atomic E-state index is 11.7. The maximum absolute atomic E-state index is 11.7. The molecule has 0 amide bonds. The molecule has 0 radical (unpaired) electrons. The van der Waals surface area contributed by atoms with Crippen LogP contribution in [0.2, 0.25) is 0 Å². The second-order valence-electron chi connectivity index (χ2n) is 5.65.